The van der Waals surface area contributed by atoms with Crippen molar-refractivity contribution in [2.75, 3.05) is 0 Å². The number of hydrogen-bond acceptors (Lipinski definition) is 4. The summed E-state index contributed by atoms with van der Waals surface area (Å²) in [6.45, 7) is 0.802. The van der Waals surface area contributed by atoms with Crippen LogP contribution >= 0.6 is 0 Å². The number of para-hydroxylation sites is 2. The molecule has 1 aromatic carbocycles. The molecule has 100 valence electrons. The van der Waals surface area contributed by atoms with Crippen LogP contribution in [0, 0.1) is 0 Å². The zero-order valence-electron chi connectivity index (χ0n) is 10.9. The van der Waals surface area contributed by atoms with E-state index in [9.17, 15) is 4.79 Å². The average molecular weight is 266 g/mol. The van der Waals surface area contributed by atoms with Crippen molar-refractivity contribution in [1.29, 1.82) is 0 Å². The van der Waals surface area contributed by atoms with E-state index in [-0.39, 0.29) is 5.56 Å². The Hall–Kier alpha value is -2.53. The summed E-state index contributed by atoms with van der Waals surface area (Å²) < 4.78 is 1.69. The SMILES string of the molecule is NCc1ncccc1Cn1c(=O)cnc2ccccc21. The molecule has 0 radical (unpaired) electrons. The van der Waals surface area contributed by atoms with Gasteiger partial charge in [-0.05, 0) is 23.8 Å². The van der Waals surface area contributed by atoms with Gasteiger partial charge >= 0.3 is 0 Å². The zero-order valence-corrected chi connectivity index (χ0v) is 10.9. The van der Waals surface area contributed by atoms with E-state index in [0.717, 1.165) is 22.3 Å². The fraction of sp³-hybridized carbons (Fsp3) is 0.133. The zero-order chi connectivity index (χ0) is 13.9. The molecule has 0 aliphatic carbocycles. The lowest BCUT2D eigenvalue weighted by Crippen LogP contribution is -2.22. The van der Waals surface area contributed by atoms with Crippen LogP contribution in [0.1, 0.15) is 11.3 Å². The molecule has 2 aromatic heterocycles. The van der Waals surface area contributed by atoms with Crippen LogP contribution in [0.5, 0.6) is 0 Å². The molecule has 5 nitrogen and oxygen atoms in total. The Labute approximate surface area is 115 Å². The summed E-state index contributed by atoms with van der Waals surface area (Å²) in [4.78, 5) is 20.5. The minimum absolute atomic E-state index is 0.129. The van der Waals surface area contributed by atoms with E-state index < -0.39 is 0 Å². The first-order valence-electron chi connectivity index (χ1n) is 6.37. The van der Waals surface area contributed by atoms with E-state index in [0.29, 0.717) is 13.1 Å². The molecule has 0 fully saturated rings. The number of nitrogens with two attached hydrogens (primary N) is 1. The second-order valence-electron chi connectivity index (χ2n) is 4.48. The minimum atomic E-state index is -0.129. The van der Waals surface area contributed by atoms with Crippen molar-refractivity contribution in [3.05, 3.63) is 70.4 Å². The van der Waals surface area contributed by atoms with Crippen LogP contribution in [0.2, 0.25) is 0 Å². The molecule has 0 bridgehead atoms. The van der Waals surface area contributed by atoms with E-state index >= 15 is 0 Å². The third kappa shape index (κ3) is 2.19. The number of hydrogen-bond donors (Lipinski definition) is 1. The van der Waals surface area contributed by atoms with Crippen LogP contribution in [0.15, 0.2) is 53.6 Å². The van der Waals surface area contributed by atoms with Gasteiger partial charge in [0.2, 0.25) is 0 Å². The first kappa shape index (κ1) is 12.5. The lowest BCUT2D eigenvalue weighted by molar-refractivity contribution is 0.766. The normalized spacial score (nSPS) is 10.8. The minimum Gasteiger partial charge on any atom is -0.325 e. The Morgan fingerprint density at radius 3 is 2.80 bits per heavy atom. The predicted octanol–water partition coefficient (Wildman–Crippen LogP) is 1.30. The van der Waals surface area contributed by atoms with Crippen LogP contribution in [0.3, 0.4) is 0 Å². The maximum Gasteiger partial charge on any atom is 0.269 e. The monoisotopic (exact) mass is 266 g/mol. The standard InChI is InChI=1S/C15H14N4O/c16-8-13-11(4-3-7-17-13)10-19-14-6-2-1-5-12(14)18-9-15(19)20/h1-7,9H,8,10,16H2. The maximum atomic E-state index is 12.1. The smallest absolute Gasteiger partial charge is 0.269 e. The highest BCUT2D eigenvalue weighted by Gasteiger charge is 2.07. The molecular weight excluding hydrogens is 252 g/mol. The molecule has 0 aliphatic heterocycles. The Morgan fingerprint density at radius 2 is 1.95 bits per heavy atom. The number of fused-ring (bicyclic) bond motifs is 1. The summed E-state index contributed by atoms with van der Waals surface area (Å²) >= 11 is 0. The maximum absolute atomic E-state index is 12.1. The number of aromatic nitrogens is 3. The number of pyridine rings is 1. The first-order valence-corrected chi connectivity index (χ1v) is 6.37. The van der Waals surface area contributed by atoms with E-state index in [1.807, 2.05) is 36.4 Å². The van der Waals surface area contributed by atoms with Gasteiger partial charge in [0.05, 0.1) is 29.5 Å². The van der Waals surface area contributed by atoms with Gasteiger partial charge in [-0.15, -0.1) is 0 Å². The second kappa shape index (κ2) is 5.22. The molecule has 20 heavy (non-hydrogen) atoms. The Bertz CT molecular complexity index is 810. The molecule has 2 N–H and O–H groups in total. The molecule has 0 aliphatic rings. The summed E-state index contributed by atoms with van der Waals surface area (Å²) in [6, 6.07) is 11.4. The molecule has 0 saturated heterocycles. The van der Waals surface area contributed by atoms with Gasteiger partial charge in [0.1, 0.15) is 0 Å². The summed E-state index contributed by atoms with van der Waals surface area (Å²) in [6.07, 6.45) is 3.06. The quantitative estimate of drug-likeness (QED) is 0.775. The van der Waals surface area contributed by atoms with Gasteiger partial charge in [-0.3, -0.25) is 9.78 Å². The van der Waals surface area contributed by atoms with Gasteiger partial charge in [-0.2, -0.15) is 0 Å². The van der Waals surface area contributed by atoms with Crippen molar-refractivity contribution in [3.63, 3.8) is 0 Å². The van der Waals surface area contributed by atoms with E-state index in [4.69, 9.17) is 5.73 Å². The number of rotatable bonds is 3. The van der Waals surface area contributed by atoms with Crippen molar-refractivity contribution in [3.8, 4) is 0 Å². The summed E-state index contributed by atoms with van der Waals surface area (Å²) in [5.41, 5.74) is 8.93. The van der Waals surface area contributed by atoms with Gasteiger partial charge in [0, 0.05) is 12.7 Å². The van der Waals surface area contributed by atoms with Crippen molar-refractivity contribution in [1.82, 2.24) is 14.5 Å². The van der Waals surface area contributed by atoms with Crippen molar-refractivity contribution < 1.29 is 0 Å². The highest BCUT2D eigenvalue weighted by molar-refractivity contribution is 5.74. The summed E-state index contributed by atoms with van der Waals surface area (Å²) in [5.74, 6) is 0. The third-order valence-corrected chi connectivity index (χ3v) is 3.26. The molecule has 2 heterocycles. The molecule has 5 heteroatoms. The van der Waals surface area contributed by atoms with Crippen molar-refractivity contribution >= 4 is 11.0 Å². The highest BCUT2D eigenvalue weighted by atomic mass is 16.1. The van der Waals surface area contributed by atoms with Crippen molar-refractivity contribution in [2.24, 2.45) is 5.73 Å². The molecule has 3 aromatic rings. The lowest BCUT2D eigenvalue weighted by Gasteiger charge is -2.11. The summed E-state index contributed by atoms with van der Waals surface area (Å²) in [5, 5.41) is 0. The Morgan fingerprint density at radius 1 is 1.10 bits per heavy atom. The summed E-state index contributed by atoms with van der Waals surface area (Å²) in [7, 11) is 0. The van der Waals surface area contributed by atoms with Crippen LogP contribution in [-0.4, -0.2) is 14.5 Å². The van der Waals surface area contributed by atoms with Gasteiger partial charge in [-0.25, -0.2) is 4.98 Å². The van der Waals surface area contributed by atoms with Crippen molar-refractivity contribution in [2.45, 2.75) is 13.1 Å². The molecule has 0 saturated carbocycles. The molecule has 0 unspecified atom stereocenters. The van der Waals surface area contributed by atoms with Gasteiger partial charge in [0.15, 0.2) is 0 Å². The number of nitrogens with zero attached hydrogens (tertiary/aromatic N) is 3. The Kier molecular flexibility index (Phi) is 3.26. The van der Waals surface area contributed by atoms with Crippen LogP contribution in [0.4, 0.5) is 0 Å². The van der Waals surface area contributed by atoms with E-state index in [1.165, 1.54) is 6.20 Å². The lowest BCUT2D eigenvalue weighted by atomic mass is 10.2. The fourth-order valence-electron chi connectivity index (χ4n) is 2.25. The van der Waals surface area contributed by atoms with E-state index in [1.54, 1.807) is 10.8 Å². The fourth-order valence-corrected chi connectivity index (χ4v) is 2.25. The second-order valence-corrected chi connectivity index (χ2v) is 4.48. The van der Waals surface area contributed by atoms with Crippen LogP contribution in [-0.2, 0) is 13.1 Å². The average Bonchev–Trinajstić information content (AvgIpc) is 2.50. The number of benzene rings is 1. The Balaban J connectivity index is 2.15. The topological polar surface area (TPSA) is 73.8 Å². The third-order valence-electron chi connectivity index (χ3n) is 3.26. The first-order chi connectivity index (χ1) is 9.79. The van der Waals surface area contributed by atoms with Gasteiger partial charge in [-0.1, -0.05) is 18.2 Å². The van der Waals surface area contributed by atoms with Crippen LogP contribution < -0.4 is 11.3 Å². The molecule has 0 spiro atoms. The molecular formula is C15H14N4O. The largest absolute Gasteiger partial charge is 0.325 e. The van der Waals surface area contributed by atoms with Gasteiger partial charge in [0.25, 0.3) is 5.56 Å². The van der Waals surface area contributed by atoms with E-state index in [2.05, 4.69) is 9.97 Å². The van der Waals surface area contributed by atoms with Gasteiger partial charge < -0.3 is 10.3 Å². The highest BCUT2D eigenvalue weighted by Crippen LogP contribution is 2.12. The molecule has 3 rings (SSSR count). The molecule has 0 amide bonds. The molecule has 0 atom stereocenters. The predicted molar refractivity (Wildman–Crippen MR) is 77.2 cm³/mol. The van der Waals surface area contributed by atoms with Crippen LogP contribution in [0.25, 0.3) is 11.0 Å².